The van der Waals surface area contributed by atoms with Gasteiger partial charge in [-0.25, -0.2) is 4.18 Å². The highest BCUT2D eigenvalue weighted by Crippen LogP contribution is 2.26. The van der Waals surface area contributed by atoms with Gasteiger partial charge in [-0.3, -0.25) is 9.35 Å². The molecule has 7 unspecified atom stereocenters. The van der Waals surface area contributed by atoms with Crippen LogP contribution in [-0.4, -0.2) is 95.4 Å². The maximum atomic E-state index is 13.1. The van der Waals surface area contributed by atoms with Crippen LogP contribution in [0.5, 0.6) is 0 Å². The molecule has 1 aliphatic rings. The largest absolute Gasteiger partial charge is 0.397 e. The molecule has 1 rings (SSSR count). The molecular weight excluding hydrogens is 823 g/mol. The number of amides is 1. The van der Waals surface area contributed by atoms with Gasteiger partial charge in [0.15, 0.2) is 6.29 Å². The molecule has 1 saturated heterocycles. The highest BCUT2D eigenvalue weighted by molar-refractivity contribution is 7.80. The van der Waals surface area contributed by atoms with Crippen molar-refractivity contribution in [1.82, 2.24) is 5.32 Å². The van der Waals surface area contributed by atoms with Crippen LogP contribution in [0.4, 0.5) is 0 Å². The fourth-order valence-electron chi connectivity index (χ4n) is 8.25. The molecule has 1 aliphatic heterocycles. The van der Waals surface area contributed by atoms with Gasteiger partial charge in [-0.1, -0.05) is 205 Å². The van der Waals surface area contributed by atoms with Gasteiger partial charge in [0, 0.05) is 6.42 Å². The highest BCUT2D eigenvalue weighted by atomic mass is 32.3. The predicted molar refractivity (Wildman–Crippen MR) is 255 cm³/mol. The van der Waals surface area contributed by atoms with Crippen LogP contribution in [0.25, 0.3) is 0 Å². The monoisotopic (exact) mass is 918 g/mol. The standard InChI is InChI=1S/C50H95NO11S/c1-3-5-7-9-11-13-15-17-18-19-20-21-22-23-24-25-26-28-30-32-34-36-38-40-46(54)51-43(44(53)39-37-35-33-31-29-27-16-14-12-10-8-6-4-2)42-60-50-48(56)49(62-63(57,58)59)47(55)45(41-52)61-50/h20-21,23-24,43-45,47-50,52-53,55-56H,3-19,22,25-42H2,1-2H3,(H,51,54)(H,57,58,59)/b21-20-,24-23-. The van der Waals surface area contributed by atoms with E-state index in [9.17, 15) is 38.2 Å². The summed E-state index contributed by atoms with van der Waals surface area (Å²) in [5.74, 6) is -0.237. The third kappa shape index (κ3) is 33.7. The molecule has 0 spiro atoms. The predicted octanol–water partition coefficient (Wildman–Crippen LogP) is 10.9. The fourth-order valence-corrected chi connectivity index (χ4v) is 8.76. The van der Waals surface area contributed by atoms with Crippen molar-refractivity contribution < 1.29 is 51.8 Å². The normalized spacial score (nSPS) is 20.5. The number of hydrogen-bond acceptors (Lipinski definition) is 10. The molecule has 372 valence electrons. The lowest BCUT2D eigenvalue weighted by Crippen LogP contribution is -2.61. The lowest BCUT2D eigenvalue weighted by molar-refractivity contribution is -0.298. The molecule has 0 aromatic heterocycles. The van der Waals surface area contributed by atoms with E-state index in [1.807, 2.05) is 0 Å². The second-order valence-corrected chi connectivity index (χ2v) is 19.2. The quantitative estimate of drug-likeness (QED) is 0.0194. The number of carbonyl (C=O) groups is 1. The van der Waals surface area contributed by atoms with E-state index in [2.05, 4.69) is 47.7 Å². The summed E-state index contributed by atoms with van der Waals surface area (Å²) in [6, 6.07) is -0.861. The van der Waals surface area contributed by atoms with E-state index in [1.54, 1.807) is 0 Å². The minimum absolute atomic E-state index is 0.237. The first-order valence-electron chi connectivity index (χ1n) is 25.7. The topological polar surface area (TPSA) is 192 Å². The van der Waals surface area contributed by atoms with E-state index >= 15 is 0 Å². The first-order valence-corrected chi connectivity index (χ1v) is 27.1. The van der Waals surface area contributed by atoms with Crippen LogP contribution in [0.3, 0.4) is 0 Å². The second-order valence-electron chi connectivity index (χ2n) is 18.1. The molecule has 0 aromatic rings. The maximum absolute atomic E-state index is 13.1. The SMILES string of the molecule is CCCCCCCCCCC/C=C\C/C=C\CCCCCCCCCC(=O)NC(COC1OC(CO)C(O)C(OS(=O)(=O)O)C1O)C(O)CCCCCCCCCCCCCCC. The zero-order chi connectivity index (χ0) is 46.2. The molecule has 7 atom stereocenters. The molecule has 1 amide bonds. The Morgan fingerprint density at radius 1 is 0.635 bits per heavy atom. The number of nitrogens with one attached hydrogen (secondary N) is 1. The lowest BCUT2D eigenvalue weighted by atomic mass is 9.99. The van der Waals surface area contributed by atoms with Gasteiger partial charge < -0.3 is 35.2 Å². The van der Waals surface area contributed by atoms with Gasteiger partial charge in [0.1, 0.15) is 24.4 Å². The molecule has 0 aromatic carbocycles. The molecule has 0 bridgehead atoms. The van der Waals surface area contributed by atoms with Crippen molar-refractivity contribution in [2.75, 3.05) is 13.2 Å². The van der Waals surface area contributed by atoms with E-state index in [1.165, 1.54) is 141 Å². The van der Waals surface area contributed by atoms with Crippen molar-refractivity contribution in [3.8, 4) is 0 Å². The summed E-state index contributed by atoms with van der Waals surface area (Å²) < 4.78 is 47.7. The second kappa shape index (κ2) is 40.8. The Labute approximate surface area is 384 Å². The first-order chi connectivity index (χ1) is 30.5. The number of carbonyl (C=O) groups excluding carboxylic acids is 1. The van der Waals surface area contributed by atoms with E-state index in [0.717, 1.165) is 57.8 Å². The van der Waals surface area contributed by atoms with Crippen molar-refractivity contribution in [3.63, 3.8) is 0 Å². The van der Waals surface area contributed by atoms with Crippen molar-refractivity contribution in [1.29, 1.82) is 0 Å². The number of ether oxygens (including phenoxy) is 2. The molecule has 1 fully saturated rings. The third-order valence-electron chi connectivity index (χ3n) is 12.3. The van der Waals surface area contributed by atoms with E-state index in [0.29, 0.717) is 12.8 Å². The molecule has 12 nitrogen and oxygen atoms in total. The van der Waals surface area contributed by atoms with Gasteiger partial charge in [0.2, 0.25) is 5.91 Å². The van der Waals surface area contributed by atoms with E-state index in [-0.39, 0.29) is 18.9 Å². The number of unbranched alkanes of at least 4 members (excludes halogenated alkanes) is 28. The lowest BCUT2D eigenvalue weighted by Gasteiger charge is -2.41. The summed E-state index contributed by atoms with van der Waals surface area (Å²) in [5, 5.41) is 44.9. The van der Waals surface area contributed by atoms with Crippen LogP contribution >= 0.6 is 0 Å². The van der Waals surface area contributed by atoms with Crippen LogP contribution in [0.2, 0.25) is 0 Å². The van der Waals surface area contributed by atoms with E-state index in [4.69, 9.17) is 9.47 Å². The van der Waals surface area contributed by atoms with Crippen molar-refractivity contribution in [3.05, 3.63) is 24.3 Å². The molecular formula is C50H95NO11S. The van der Waals surface area contributed by atoms with Crippen LogP contribution in [0.1, 0.15) is 232 Å². The minimum atomic E-state index is -5.08. The number of hydrogen-bond donors (Lipinski definition) is 6. The van der Waals surface area contributed by atoms with Gasteiger partial charge in [0.25, 0.3) is 0 Å². The molecule has 0 saturated carbocycles. The zero-order valence-corrected chi connectivity index (χ0v) is 40.7. The molecule has 6 N–H and O–H groups in total. The van der Waals surface area contributed by atoms with E-state index < -0.39 is 59.9 Å². The Bertz CT molecular complexity index is 1220. The van der Waals surface area contributed by atoms with Gasteiger partial charge >= 0.3 is 10.4 Å². The maximum Gasteiger partial charge on any atom is 0.397 e. The average molecular weight is 918 g/mol. The summed E-state index contributed by atoms with van der Waals surface area (Å²) in [7, 11) is -5.08. The third-order valence-corrected chi connectivity index (χ3v) is 12.7. The van der Waals surface area contributed by atoms with Crippen molar-refractivity contribution >= 4 is 16.3 Å². The molecule has 0 aliphatic carbocycles. The summed E-state index contributed by atoms with van der Waals surface area (Å²) >= 11 is 0. The summed E-state index contributed by atoms with van der Waals surface area (Å²) in [6.45, 7) is 3.45. The van der Waals surface area contributed by atoms with Crippen LogP contribution < -0.4 is 5.32 Å². The number of aliphatic hydroxyl groups is 4. The number of rotatable bonds is 44. The van der Waals surface area contributed by atoms with Crippen LogP contribution in [0.15, 0.2) is 24.3 Å². The van der Waals surface area contributed by atoms with Gasteiger partial charge in [0.05, 0.1) is 25.4 Å². The summed E-state index contributed by atoms with van der Waals surface area (Å²) in [4.78, 5) is 13.1. The smallest absolute Gasteiger partial charge is 0.394 e. The van der Waals surface area contributed by atoms with Gasteiger partial charge in [-0.15, -0.1) is 0 Å². The van der Waals surface area contributed by atoms with Gasteiger partial charge in [-0.05, 0) is 44.9 Å². The minimum Gasteiger partial charge on any atom is -0.394 e. The summed E-state index contributed by atoms with van der Waals surface area (Å²) in [6.07, 6.45) is 38.9. The van der Waals surface area contributed by atoms with Gasteiger partial charge in [-0.2, -0.15) is 8.42 Å². The first kappa shape index (κ1) is 59.6. The van der Waals surface area contributed by atoms with Crippen molar-refractivity contribution in [2.24, 2.45) is 0 Å². The zero-order valence-electron chi connectivity index (χ0n) is 39.9. The summed E-state index contributed by atoms with van der Waals surface area (Å²) in [5.41, 5.74) is 0. The van der Waals surface area contributed by atoms with Crippen LogP contribution in [0, 0.1) is 0 Å². The average Bonchev–Trinajstić information content (AvgIpc) is 3.25. The van der Waals surface area contributed by atoms with Crippen LogP contribution in [-0.2, 0) is 28.9 Å². The Morgan fingerprint density at radius 3 is 1.51 bits per heavy atom. The number of allylic oxidation sites excluding steroid dienone is 4. The Kier molecular flexibility index (Phi) is 38.6. The highest BCUT2D eigenvalue weighted by Gasteiger charge is 2.48. The van der Waals surface area contributed by atoms with Crippen molar-refractivity contribution in [2.45, 2.75) is 275 Å². The molecule has 1 heterocycles. The Morgan fingerprint density at radius 2 is 1.06 bits per heavy atom. The molecule has 13 heteroatoms. The Hall–Kier alpha value is -1.42. The number of aliphatic hydroxyl groups excluding tert-OH is 4. The molecule has 63 heavy (non-hydrogen) atoms. The Balaban J connectivity index is 2.40. The molecule has 0 radical (unpaired) electrons. The fraction of sp³-hybridized carbons (Fsp3) is 0.900.